The van der Waals surface area contributed by atoms with E-state index < -0.39 is 0 Å². The second-order valence-electron chi connectivity index (χ2n) is 10.8. The van der Waals surface area contributed by atoms with Crippen LogP contribution in [0.4, 0.5) is 0 Å². The van der Waals surface area contributed by atoms with E-state index >= 15 is 0 Å². The first kappa shape index (κ1) is 27.9. The van der Waals surface area contributed by atoms with Crippen molar-refractivity contribution in [3.05, 3.63) is 77.7 Å². The number of ether oxygens (including phenoxy) is 1. The second kappa shape index (κ2) is 12.7. The summed E-state index contributed by atoms with van der Waals surface area (Å²) in [6, 6.07) is 17.7. The molecule has 1 saturated heterocycles. The van der Waals surface area contributed by atoms with E-state index in [0.29, 0.717) is 75.8 Å². The molecule has 2 aromatic heterocycles. The van der Waals surface area contributed by atoms with Crippen molar-refractivity contribution in [3.8, 4) is 5.75 Å². The van der Waals surface area contributed by atoms with Crippen molar-refractivity contribution < 1.29 is 19.1 Å². The molecule has 218 valence electrons. The van der Waals surface area contributed by atoms with Gasteiger partial charge in [-0.15, -0.1) is 11.3 Å². The Bertz CT molecular complexity index is 1520. The molecule has 2 aliphatic rings. The normalized spacial score (nSPS) is 19.6. The van der Waals surface area contributed by atoms with Crippen LogP contribution in [0.5, 0.6) is 5.75 Å². The summed E-state index contributed by atoms with van der Waals surface area (Å²) in [5.41, 5.74) is 0.973. The molecule has 42 heavy (non-hydrogen) atoms. The van der Waals surface area contributed by atoms with Crippen LogP contribution in [0, 0.1) is 5.92 Å². The van der Waals surface area contributed by atoms with E-state index in [9.17, 15) is 14.4 Å². The zero-order chi connectivity index (χ0) is 28.9. The Hall–Kier alpha value is -4.25. The molecule has 11 heteroatoms. The van der Waals surface area contributed by atoms with E-state index in [-0.39, 0.29) is 29.6 Å². The van der Waals surface area contributed by atoms with E-state index in [0.717, 1.165) is 15.6 Å². The molecule has 6 rings (SSSR count). The van der Waals surface area contributed by atoms with Gasteiger partial charge in [0.1, 0.15) is 25.0 Å². The maximum atomic E-state index is 13.5. The molecule has 2 bridgehead atoms. The summed E-state index contributed by atoms with van der Waals surface area (Å²) in [7, 11) is 0. The van der Waals surface area contributed by atoms with Crippen LogP contribution < -0.4 is 10.1 Å². The predicted octanol–water partition coefficient (Wildman–Crippen LogP) is 3.56. The number of benzene rings is 2. The highest BCUT2D eigenvalue weighted by atomic mass is 32.1. The number of aromatic nitrogens is 3. The van der Waals surface area contributed by atoms with Crippen LogP contribution in [0.1, 0.15) is 40.4 Å². The zero-order valence-corrected chi connectivity index (χ0v) is 24.2. The topological polar surface area (TPSA) is 110 Å². The van der Waals surface area contributed by atoms with Gasteiger partial charge < -0.3 is 19.9 Å². The van der Waals surface area contributed by atoms with Crippen LogP contribution >= 0.6 is 11.3 Å². The molecular formula is C31H34N6O4S. The van der Waals surface area contributed by atoms with Crippen LogP contribution in [0.3, 0.4) is 0 Å². The van der Waals surface area contributed by atoms with Crippen LogP contribution in [0.15, 0.2) is 67.3 Å². The number of thiophene rings is 1. The van der Waals surface area contributed by atoms with Crippen molar-refractivity contribution >= 4 is 39.1 Å². The van der Waals surface area contributed by atoms with Gasteiger partial charge in [0.05, 0.1) is 17.3 Å². The molecule has 2 aliphatic heterocycles. The van der Waals surface area contributed by atoms with Crippen LogP contribution in [0.2, 0.25) is 0 Å². The molecule has 0 spiro atoms. The standard InChI is InChI=1S/C31H34N6O4S/c38-29(10-4-13-37-21-32-20-34-37)36-18-25-22-7-3-8-24(16-22)41-15-14-35(12-5-11-33-30(39)26(25)19-36)31(40)28-17-23-6-1-2-9-27(23)42-28/h1-3,6-9,16-17,20-21,25-26H,4-5,10-15,18-19H2,(H,33,39)/t25-,26+/m1/s1. The van der Waals surface area contributed by atoms with Gasteiger partial charge in [0, 0.05) is 49.8 Å². The molecule has 1 fully saturated rings. The average Bonchev–Trinajstić information content (AvgIpc) is 3.77. The summed E-state index contributed by atoms with van der Waals surface area (Å²) in [6.45, 7) is 3.23. The number of carbonyl (C=O) groups is 3. The minimum atomic E-state index is -0.362. The molecule has 3 amide bonds. The van der Waals surface area contributed by atoms with E-state index in [1.54, 1.807) is 11.0 Å². The highest BCUT2D eigenvalue weighted by Gasteiger charge is 2.40. The van der Waals surface area contributed by atoms with E-state index in [1.165, 1.54) is 17.7 Å². The Kier molecular flexibility index (Phi) is 8.45. The first-order valence-corrected chi connectivity index (χ1v) is 15.3. The van der Waals surface area contributed by atoms with E-state index in [2.05, 4.69) is 15.4 Å². The molecule has 0 unspecified atom stereocenters. The number of nitrogens with one attached hydrogen (secondary N) is 1. The van der Waals surface area contributed by atoms with Crippen LogP contribution in [-0.2, 0) is 16.1 Å². The fourth-order valence-electron chi connectivity index (χ4n) is 5.79. The molecule has 0 radical (unpaired) electrons. The molecule has 0 aliphatic carbocycles. The molecule has 2 aromatic carbocycles. The van der Waals surface area contributed by atoms with Gasteiger partial charge >= 0.3 is 0 Å². The van der Waals surface area contributed by atoms with Crippen LogP contribution in [0.25, 0.3) is 10.1 Å². The maximum Gasteiger partial charge on any atom is 0.264 e. The minimum Gasteiger partial charge on any atom is -0.492 e. The van der Waals surface area contributed by atoms with Gasteiger partial charge in [-0.1, -0.05) is 30.3 Å². The Morgan fingerprint density at radius 1 is 1.02 bits per heavy atom. The number of aryl methyl sites for hydroxylation is 1. The highest BCUT2D eigenvalue weighted by Crippen LogP contribution is 2.35. The van der Waals surface area contributed by atoms with Gasteiger partial charge in [-0.3, -0.25) is 19.1 Å². The van der Waals surface area contributed by atoms with Crippen molar-refractivity contribution in [1.82, 2.24) is 29.9 Å². The lowest BCUT2D eigenvalue weighted by molar-refractivity contribution is -0.130. The third-order valence-corrected chi connectivity index (χ3v) is 9.10. The number of fused-ring (bicyclic) bond motifs is 5. The highest BCUT2D eigenvalue weighted by molar-refractivity contribution is 7.20. The Morgan fingerprint density at radius 3 is 2.76 bits per heavy atom. The van der Waals surface area contributed by atoms with E-state index in [1.807, 2.05) is 64.4 Å². The summed E-state index contributed by atoms with van der Waals surface area (Å²) in [6.07, 6.45) is 4.78. The van der Waals surface area contributed by atoms with Crippen molar-refractivity contribution in [2.24, 2.45) is 5.92 Å². The van der Waals surface area contributed by atoms with Gasteiger partial charge in [0.15, 0.2) is 0 Å². The first-order chi connectivity index (χ1) is 20.5. The fourth-order valence-corrected chi connectivity index (χ4v) is 6.82. The number of likely N-dealkylation sites (tertiary alicyclic amines) is 1. The van der Waals surface area contributed by atoms with Gasteiger partial charge in [-0.25, -0.2) is 4.98 Å². The lowest BCUT2D eigenvalue weighted by atomic mass is 9.88. The Morgan fingerprint density at radius 2 is 1.90 bits per heavy atom. The maximum absolute atomic E-state index is 13.5. The Labute approximate surface area is 248 Å². The van der Waals surface area contributed by atoms with Gasteiger partial charge in [0.2, 0.25) is 11.8 Å². The molecular weight excluding hydrogens is 552 g/mol. The van der Waals surface area contributed by atoms with Crippen molar-refractivity contribution in [2.75, 3.05) is 39.3 Å². The monoisotopic (exact) mass is 586 g/mol. The molecule has 10 nitrogen and oxygen atoms in total. The van der Waals surface area contributed by atoms with Gasteiger partial charge in [-0.05, 0) is 48.1 Å². The summed E-state index contributed by atoms with van der Waals surface area (Å²) >= 11 is 1.49. The molecule has 2 atom stereocenters. The predicted molar refractivity (Wildman–Crippen MR) is 159 cm³/mol. The number of hydrogen-bond donors (Lipinski definition) is 1. The smallest absolute Gasteiger partial charge is 0.264 e. The number of amides is 3. The molecule has 1 N–H and O–H groups in total. The first-order valence-electron chi connectivity index (χ1n) is 14.4. The molecule has 4 aromatic rings. The summed E-state index contributed by atoms with van der Waals surface area (Å²) < 4.78 is 8.91. The number of rotatable bonds is 5. The third kappa shape index (κ3) is 6.30. The van der Waals surface area contributed by atoms with E-state index in [4.69, 9.17) is 4.74 Å². The Balaban J connectivity index is 1.14. The lowest BCUT2D eigenvalue weighted by Crippen LogP contribution is -2.39. The molecule has 4 heterocycles. The van der Waals surface area contributed by atoms with Crippen molar-refractivity contribution in [3.63, 3.8) is 0 Å². The van der Waals surface area contributed by atoms with Gasteiger partial charge in [0.25, 0.3) is 5.91 Å². The minimum absolute atomic E-state index is 0.0270. The number of nitrogens with zero attached hydrogens (tertiary/aromatic N) is 5. The summed E-state index contributed by atoms with van der Waals surface area (Å²) in [4.78, 5) is 48.3. The zero-order valence-electron chi connectivity index (χ0n) is 23.4. The third-order valence-electron chi connectivity index (χ3n) is 8.00. The largest absolute Gasteiger partial charge is 0.492 e. The van der Waals surface area contributed by atoms with Crippen molar-refractivity contribution in [2.45, 2.75) is 31.7 Å². The average molecular weight is 587 g/mol. The second-order valence-corrected chi connectivity index (χ2v) is 11.9. The quantitative estimate of drug-likeness (QED) is 0.383. The van der Waals surface area contributed by atoms with Gasteiger partial charge in [-0.2, -0.15) is 5.10 Å². The SMILES string of the molecule is O=C1NCCCN(C(=O)c2cc3ccccc3s2)CCOc2cccc(c2)[C@H]2CN(C(=O)CCCn3cncn3)C[C@H]12. The summed E-state index contributed by atoms with van der Waals surface area (Å²) in [5, 5.41) is 8.25. The summed E-state index contributed by atoms with van der Waals surface area (Å²) in [5.74, 6) is 0.150. The fraction of sp³-hybridized carbons (Fsp3) is 0.387. The lowest BCUT2D eigenvalue weighted by Gasteiger charge is -2.24. The van der Waals surface area contributed by atoms with Crippen LogP contribution in [-0.4, -0.2) is 81.6 Å². The molecule has 0 saturated carbocycles. The number of hydrogen-bond acceptors (Lipinski definition) is 7. The van der Waals surface area contributed by atoms with Crippen molar-refractivity contribution in [1.29, 1.82) is 0 Å². The number of carbonyl (C=O) groups excluding carboxylic acids is 3.